The average Bonchev–Trinajstić information content (AvgIpc) is 2.74. The van der Waals surface area contributed by atoms with Crippen LogP contribution in [0.3, 0.4) is 0 Å². The molecule has 1 unspecified atom stereocenters. The zero-order valence-corrected chi connectivity index (χ0v) is 21.3. The SMILES string of the molecule is CC(C)(C)c1ccc(OCCOCC(O)CN2CCN(c3ccccc3F)CC2)cc1.Cl.Cl. The fourth-order valence-corrected chi connectivity index (χ4v) is 3.72. The van der Waals surface area contributed by atoms with Crippen molar-refractivity contribution in [2.45, 2.75) is 32.3 Å². The summed E-state index contributed by atoms with van der Waals surface area (Å²) >= 11 is 0. The van der Waals surface area contributed by atoms with Crippen molar-refractivity contribution in [2.24, 2.45) is 0 Å². The first-order chi connectivity index (χ1) is 14.8. The van der Waals surface area contributed by atoms with E-state index in [2.05, 4.69) is 42.7 Å². The highest BCUT2D eigenvalue weighted by molar-refractivity contribution is 5.85. The van der Waals surface area contributed by atoms with Crippen LogP contribution in [0.15, 0.2) is 48.5 Å². The average molecular weight is 503 g/mol. The molecule has 0 aliphatic carbocycles. The molecular weight excluding hydrogens is 466 g/mol. The largest absolute Gasteiger partial charge is 0.491 e. The molecule has 1 aliphatic rings. The lowest BCUT2D eigenvalue weighted by atomic mass is 9.87. The molecule has 1 fully saturated rings. The monoisotopic (exact) mass is 502 g/mol. The fraction of sp³-hybridized carbons (Fsp3) is 0.520. The first-order valence-electron chi connectivity index (χ1n) is 11.0. The summed E-state index contributed by atoms with van der Waals surface area (Å²) in [6, 6.07) is 15.0. The Hall–Kier alpha value is -1.57. The van der Waals surface area contributed by atoms with Crippen molar-refractivity contribution in [1.29, 1.82) is 0 Å². The molecular formula is C25H37Cl2FN2O3. The molecule has 0 radical (unpaired) electrons. The van der Waals surface area contributed by atoms with Gasteiger partial charge in [-0.2, -0.15) is 0 Å². The normalized spacial score (nSPS) is 15.4. The third-order valence-electron chi connectivity index (χ3n) is 5.56. The summed E-state index contributed by atoms with van der Waals surface area (Å²) in [5, 5.41) is 10.3. The van der Waals surface area contributed by atoms with Crippen LogP contribution in [-0.2, 0) is 10.2 Å². The number of hydrogen-bond acceptors (Lipinski definition) is 5. The predicted octanol–water partition coefficient (Wildman–Crippen LogP) is 4.55. The first kappa shape index (κ1) is 29.5. The maximum atomic E-state index is 13.9. The van der Waals surface area contributed by atoms with Crippen LogP contribution in [0.4, 0.5) is 10.1 Å². The van der Waals surface area contributed by atoms with Gasteiger partial charge in [-0.1, -0.05) is 45.0 Å². The van der Waals surface area contributed by atoms with E-state index in [1.165, 1.54) is 11.6 Å². The van der Waals surface area contributed by atoms with Gasteiger partial charge >= 0.3 is 0 Å². The molecule has 0 amide bonds. The molecule has 0 aromatic heterocycles. The number of piperazine rings is 1. The number of aliphatic hydroxyl groups excluding tert-OH is 1. The summed E-state index contributed by atoms with van der Waals surface area (Å²) in [7, 11) is 0. The standard InChI is InChI=1S/C25H35FN2O3.2ClH/c1-25(2,3)20-8-10-22(11-9-20)31-17-16-30-19-21(29)18-27-12-14-28(15-13-27)24-7-5-4-6-23(24)26;;/h4-11,21,29H,12-19H2,1-3H3;2*1H. The minimum Gasteiger partial charge on any atom is -0.491 e. The zero-order valence-electron chi connectivity index (χ0n) is 19.7. The minimum absolute atomic E-state index is 0. The smallest absolute Gasteiger partial charge is 0.146 e. The molecule has 186 valence electrons. The van der Waals surface area contributed by atoms with Gasteiger partial charge in [-0.05, 0) is 35.2 Å². The van der Waals surface area contributed by atoms with Crippen molar-refractivity contribution in [1.82, 2.24) is 4.90 Å². The fourth-order valence-electron chi connectivity index (χ4n) is 3.72. The van der Waals surface area contributed by atoms with Gasteiger partial charge in [0, 0.05) is 32.7 Å². The molecule has 2 aromatic carbocycles. The van der Waals surface area contributed by atoms with Gasteiger partial charge in [-0.3, -0.25) is 4.90 Å². The van der Waals surface area contributed by atoms with Crippen molar-refractivity contribution in [3.05, 3.63) is 59.9 Å². The summed E-state index contributed by atoms with van der Waals surface area (Å²) in [6.45, 7) is 11.3. The van der Waals surface area contributed by atoms with Crippen LogP contribution in [0.5, 0.6) is 5.75 Å². The van der Waals surface area contributed by atoms with Gasteiger partial charge in [0.2, 0.25) is 0 Å². The van der Waals surface area contributed by atoms with Crippen LogP contribution < -0.4 is 9.64 Å². The lowest BCUT2D eigenvalue weighted by Crippen LogP contribution is -2.49. The summed E-state index contributed by atoms with van der Waals surface area (Å²) in [5.41, 5.74) is 2.05. The number of aliphatic hydroxyl groups is 1. The highest BCUT2D eigenvalue weighted by atomic mass is 35.5. The molecule has 8 heteroatoms. The van der Waals surface area contributed by atoms with Gasteiger partial charge < -0.3 is 19.5 Å². The Morgan fingerprint density at radius 3 is 2.18 bits per heavy atom. The summed E-state index contributed by atoms with van der Waals surface area (Å²) in [4.78, 5) is 4.25. The number of anilines is 1. The van der Waals surface area contributed by atoms with E-state index in [0.717, 1.165) is 31.9 Å². The maximum Gasteiger partial charge on any atom is 0.146 e. The molecule has 0 spiro atoms. The van der Waals surface area contributed by atoms with E-state index in [9.17, 15) is 9.50 Å². The van der Waals surface area contributed by atoms with Crippen LogP contribution in [-0.4, -0.2) is 68.7 Å². The first-order valence-corrected chi connectivity index (χ1v) is 11.0. The van der Waals surface area contributed by atoms with Crippen molar-refractivity contribution in [3.8, 4) is 5.75 Å². The summed E-state index contributed by atoms with van der Waals surface area (Å²) < 4.78 is 25.2. The summed E-state index contributed by atoms with van der Waals surface area (Å²) in [6.07, 6.45) is -0.550. The molecule has 1 aliphatic heterocycles. The van der Waals surface area contributed by atoms with E-state index < -0.39 is 6.10 Å². The van der Waals surface area contributed by atoms with Crippen LogP contribution in [0, 0.1) is 5.82 Å². The highest BCUT2D eigenvalue weighted by Gasteiger charge is 2.21. The third kappa shape index (κ3) is 9.30. The molecule has 3 rings (SSSR count). The van der Waals surface area contributed by atoms with Gasteiger partial charge in [0.15, 0.2) is 0 Å². The van der Waals surface area contributed by atoms with Crippen molar-refractivity contribution in [2.75, 3.05) is 57.4 Å². The molecule has 0 saturated carbocycles. The Bertz CT molecular complexity index is 810. The summed E-state index contributed by atoms with van der Waals surface area (Å²) in [5.74, 6) is 0.640. The van der Waals surface area contributed by atoms with E-state index in [1.54, 1.807) is 6.07 Å². The van der Waals surface area contributed by atoms with Gasteiger partial charge in [0.05, 0.1) is 25.0 Å². The Morgan fingerprint density at radius 2 is 1.58 bits per heavy atom. The molecule has 1 N–H and O–H groups in total. The van der Waals surface area contributed by atoms with Gasteiger partial charge in [-0.15, -0.1) is 24.8 Å². The molecule has 2 aromatic rings. The van der Waals surface area contributed by atoms with E-state index in [4.69, 9.17) is 9.47 Å². The Kier molecular flexibility index (Phi) is 12.5. The number of halogens is 3. The third-order valence-corrected chi connectivity index (χ3v) is 5.56. The van der Waals surface area contributed by atoms with Gasteiger partial charge in [0.25, 0.3) is 0 Å². The topological polar surface area (TPSA) is 45.2 Å². The van der Waals surface area contributed by atoms with E-state index in [1.807, 2.05) is 24.3 Å². The molecule has 5 nitrogen and oxygen atoms in total. The predicted molar refractivity (Wildman–Crippen MR) is 137 cm³/mol. The lowest BCUT2D eigenvalue weighted by Gasteiger charge is -2.36. The van der Waals surface area contributed by atoms with Gasteiger partial charge in [-0.25, -0.2) is 4.39 Å². The van der Waals surface area contributed by atoms with Crippen LogP contribution in [0.1, 0.15) is 26.3 Å². The number of rotatable bonds is 9. The minimum atomic E-state index is -0.550. The molecule has 33 heavy (non-hydrogen) atoms. The van der Waals surface area contributed by atoms with Crippen molar-refractivity contribution < 1.29 is 19.0 Å². The Balaban J connectivity index is 0.00000272. The number of nitrogens with zero attached hydrogens (tertiary/aromatic N) is 2. The number of benzene rings is 2. The Morgan fingerprint density at radius 1 is 0.939 bits per heavy atom. The quantitative estimate of drug-likeness (QED) is 0.509. The molecule has 1 heterocycles. The number of para-hydroxylation sites is 1. The second kappa shape index (κ2) is 14.0. The Labute approximate surface area is 209 Å². The number of β-amino-alcohol motifs (C(OH)–C–C–N with tert-alkyl or cyclic N) is 1. The van der Waals surface area contributed by atoms with E-state index >= 15 is 0 Å². The van der Waals surface area contributed by atoms with Gasteiger partial charge in [0.1, 0.15) is 18.2 Å². The van der Waals surface area contributed by atoms with Crippen LogP contribution in [0.2, 0.25) is 0 Å². The second-order valence-corrected chi connectivity index (χ2v) is 9.09. The molecule has 1 atom stereocenters. The molecule has 0 bridgehead atoms. The van der Waals surface area contributed by atoms with Crippen molar-refractivity contribution in [3.63, 3.8) is 0 Å². The second-order valence-electron chi connectivity index (χ2n) is 9.09. The molecule has 1 saturated heterocycles. The highest BCUT2D eigenvalue weighted by Crippen LogP contribution is 2.24. The van der Waals surface area contributed by atoms with Crippen LogP contribution in [0.25, 0.3) is 0 Å². The van der Waals surface area contributed by atoms with Crippen molar-refractivity contribution >= 4 is 30.5 Å². The van der Waals surface area contributed by atoms with Crippen LogP contribution >= 0.6 is 24.8 Å². The zero-order chi connectivity index (χ0) is 22.3. The van der Waals surface area contributed by atoms with E-state index in [-0.39, 0.29) is 42.7 Å². The number of ether oxygens (including phenoxy) is 2. The number of hydrogen-bond donors (Lipinski definition) is 1. The van der Waals surface area contributed by atoms with E-state index in [0.29, 0.717) is 25.4 Å². The lowest BCUT2D eigenvalue weighted by molar-refractivity contribution is 0.00716. The maximum absolute atomic E-state index is 13.9.